The van der Waals surface area contributed by atoms with Crippen molar-refractivity contribution in [2.75, 3.05) is 11.9 Å². The fourth-order valence-electron chi connectivity index (χ4n) is 2.75. The van der Waals surface area contributed by atoms with Crippen molar-refractivity contribution in [2.45, 2.75) is 26.7 Å². The van der Waals surface area contributed by atoms with Gasteiger partial charge < -0.3 is 10.6 Å². The highest BCUT2D eigenvalue weighted by Crippen LogP contribution is 2.23. The summed E-state index contributed by atoms with van der Waals surface area (Å²) in [4.78, 5) is 29.6. The van der Waals surface area contributed by atoms with Gasteiger partial charge in [0, 0.05) is 23.5 Å². The monoisotopic (exact) mass is 384 g/mol. The lowest BCUT2D eigenvalue weighted by molar-refractivity contribution is 0.0950. The molecular weight excluding hydrogens is 364 g/mol. The van der Waals surface area contributed by atoms with E-state index in [0.29, 0.717) is 22.8 Å². The Morgan fingerprint density at radius 1 is 1.15 bits per heavy atom. The molecule has 27 heavy (non-hydrogen) atoms. The molecule has 0 aliphatic carbocycles. The maximum atomic E-state index is 12.8. The molecule has 2 N–H and O–H groups in total. The lowest BCUT2D eigenvalue weighted by Gasteiger charge is -2.08. The Bertz CT molecular complexity index is 997. The van der Waals surface area contributed by atoms with Gasteiger partial charge in [0.05, 0.1) is 5.52 Å². The second kappa shape index (κ2) is 8.22. The zero-order valence-electron chi connectivity index (χ0n) is 15.3. The fourth-order valence-corrected chi connectivity index (χ4v) is 2.92. The van der Waals surface area contributed by atoms with E-state index in [-0.39, 0.29) is 17.4 Å². The van der Waals surface area contributed by atoms with E-state index in [0.717, 1.165) is 18.4 Å². The molecule has 3 rings (SSSR count). The van der Waals surface area contributed by atoms with Gasteiger partial charge in [-0.15, -0.1) is 0 Å². The molecule has 6 nitrogen and oxygen atoms in total. The number of imidazole rings is 1. The summed E-state index contributed by atoms with van der Waals surface area (Å²) in [5.74, 6) is -0.551. The largest absolute Gasteiger partial charge is 0.351 e. The van der Waals surface area contributed by atoms with Crippen molar-refractivity contribution in [2.24, 2.45) is 0 Å². The van der Waals surface area contributed by atoms with E-state index in [2.05, 4.69) is 22.5 Å². The molecule has 0 saturated heterocycles. The van der Waals surface area contributed by atoms with E-state index in [9.17, 15) is 9.59 Å². The van der Waals surface area contributed by atoms with E-state index < -0.39 is 5.91 Å². The Hall–Kier alpha value is -2.86. The minimum atomic E-state index is -0.408. The number of amides is 2. The zero-order valence-corrected chi connectivity index (χ0v) is 16.0. The van der Waals surface area contributed by atoms with Crippen LogP contribution in [0.2, 0.25) is 5.02 Å². The molecule has 0 atom stereocenters. The summed E-state index contributed by atoms with van der Waals surface area (Å²) in [6.07, 6.45) is 3.58. The number of nitrogens with zero attached hydrogens (tertiary/aromatic N) is 2. The zero-order chi connectivity index (χ0) is 19.4. The first-order valence-corrected chi connectivity index (χ1v) is 9.22. The van der Waals surface area contributed by atoms with Crippen LogP contribution in [0.15, 0.2) is 42.6 Å². The Morgan fingerprint density at radius 2 is 1.96 bits per heavy atom. The van der Waals surface area contributed by atoms with E-state index >= 15 is 0 Å². The SMILES string of the molecule is CCCCNC(=O)c1nc(C(=O)Nc2cccc(Cl)c2C)n2ccccc12. The molecule has 0 radical (unpaired) electrons. The average molecular weight is 385 g/mol. The van der Waals surface area contributed by atoms with Gasteiger partial charge in [-0.25, -0.2) is 4.98 Å². The number of hydrogen-bond donors (Lipinski definition) is 2. The number of carbonyl (C=O) groups excluding carboxylic acids is 2. The number of aromatic nitrogens is 2. The molecule has 2 amide bonds. The van der Waals surface area contributed by atoms with Crippen LogP contribution in [0.1, 0.15) is 46.4 Å². The van der Waals surface area contributed by atoms with Crippen LogP contribution in [0.4, 0.5) is 5.69 Å². The minimum absolute atomic E-state index is 0.144. The number of fused-ring (bicyclic) bond motifs is 1. The van der Waals surface area contributed by atoms with Crippen molar-refractivity contribution < 1.29 is 9.59 Å². The van der Waals surface area contributed by atoms with Crippen molar-refractivity contribution in [1.29, 1.82) is 0 Å². The summed E-state index contributed by atoms with van der Waals surface area (Å²) in [5.41, 5.74) is 2.19. The van der Waals surface area contributed by atoms with Gasteiger partial charge in [0.25, 0.3) is 11.8 Å². The van der Waals surface area contributed by atoms with Gasteiger partial charge in [-0.3, -0.25) is 14.0 Å². The van der Waals surface area contributed by atoms with Crippen LogP contribution in [-0.2, 0) is 0 Å². The van der Waals surface area contributed by atoms with Crippen LogP contribution in [0.3, 0.4) is 0 Å². The summed E-state index contributed by atoms with van der Waals surface area (Å²) < 4.78 is 1.62. The number of nitrogens with one attached hydrogen (secondary N) is 2. The topological polar surface area (TPSA) is 75.5 Å². The van der Waals surface area contributed by atoms with Gasteiger partial charge in [-0.05, 0) is 43.2 Å². The second-order valence-electron chi connectivity index (χ2n) is 6.22. The van der Waals surface area contributed by atoms with Gasteiger partial charge in [0.15, 0.2) is 5.69 Å². The first-order chi connectivity index (χ1) is 13.0. The van der Waals surface area contributed by atoms with Crippen molar-refractivity contribution in [3.8, 4) is 0 Å². The molecule has 7 heteroatoms. The lowest BCUT2D eigenvalue weighted by Crippen LogP contribution is -2.25. The second-order valence-corrected chi connectivity index (χ2v) is 6.62. The summed E-state index contributed by atoms with van der Waals surface area (Å²) in [5, 5.41) is 6.24. The Morgan fingerprint density at radius 3 is 2.74 bits per heavy atom. The van der Waals surface area contributed by atoms with Gasteiger partial charge >= 0.3 is 0 Å². The molecule has 2 heterocycles. The number of pyridine rings is 1. The van der Waals surface area contributed by atoms with Crippen molar-refractivity contribution >= 4 is 34.6 Å². The highest BCUT2D eigenvalue weighted by atomic mass is 35.5. The third-order valence-electron chi connectivity index (χ3n) is 4.30. The van der Waals surface area contributed by atoms with E-state index in [1.807, 2.05) is 13.0 Å². The van der Waals surface area contributed by atoms with Crippen LogP contribution >= 0.6 is 11.6 Å². The number of rotatable bonds is 6. The molecule has 0 bridgehead atoms. The molecule has 140 valence electrons. The van der Waals surface area contributed by atoms with Crippen molar-refractivity contribution in [1.82, 2.24) is 14.7 Å². The van der Waals surface area contributed by atoms with Crippen LogP contribution in [0, 0.1) is 6.92 Å². The normalized spacial score (nSPS) is 10.8. The Kier molecular flexibility index (Phi) is 5.76. The molecule has 2 aromatic heterocycles. The Labute approximate surface area is 162 Å². The molecule has 0 unspecified atom stereocenters. The minimum Gasteiger partial charge on any atom is -0.351 e. The highest BCUT2D eigenvalue weighted by molar-refractivity contribution is 6.31. The summed E-state index contributed by atoms with van der Waals surface area (Å²) in [6, 6.07) is 10.7. The predicted molar refractivity (Wildman–Crippen MR) is 107 cm³/mol. The van der Waals surface area contributed by atoms with Crippen molar-refractivity contribution in [3.63, 3.8) is 0 Å². The third kappa shape index (κ3) is 3.95. The molecular formula is C20H21ClN4O2. The van der Waals surface area contributed by atoms with Crippen molar-refractivity contribution in [3.05, 3.63) is 64.7 Å². The molecule has 0 aliphatic heterocycles. The average Bonchev–Trinajstić information content (AvgIpc) is 3.05. The van der Waals surface area contributed by atoms with Crippen LogP contribution in [0.5, 0.6) is 0 Å². The lowest BCUT2D eigenvalue weighted by atomic mass is 10.2. The molecule has 0 aliphatic rings. The maximum absolute atomic E-state index is 12.8. The summed E-state index contributed by atoms with van der Waals surface area (Å²) >= 11 is 6.12. The first kappa shape index (κ1) is 18.9. The summed E-state index contributed by atoms with van der Waals surface area (Å²) in [6.45, 7) is 4.46. The smallest absolute Gasteiger partial charge is 0.292 e. The predicted octanol–water partition coefficient (Wildman–Crippen LogP) is 4.08. The van der Waals surface area contributed by atoms with Gasteiger partial charge in [-0.1, -0.05) is 37.1 Å². The number of unbranched alkanes of at least 4 members (excludes halogenated alkanes) is 1. The first-order valence-electron chi connectivity index (χ1n) is 8.84. The van der Waals surface area contributed by atoms with Gasteiger partial charge in [-0.2, -0.15) is 0 Å². The summed E-state index contributed by atoms with van der Waals surface area (Å²) in [7, 11) is 0. The van der Waals surface area contributed by atoms with Crippen LogP contribution < -0.4 is 10.6 Å². The number of anilines is 1. The van der Waals surface area contributed by atoms with Crippen LogP contribution in [0.25, 0.3) is 5.52 Å². The van der Waals surface area contributed by atoms with Crippen LogP contribution in [-0.4, -0.2) is 27.7 Å². The Balaban J connectivity index is 1.93. The molecule has 0 saturated carbocycles. The maximum Gasteiger partial charge on any atom is 0.292 e. The molecule has 3 aromatic rings. The van der Waals surface area contributed by atoms with Gasteiger partial charge in [0.2, 0.25) is 5.82 Å². The number of carbonyl (C=O) groups is 2. The fraction of sp³-hybridized carbons (Fsp3) is 0.250. The van der Waals surface area contributed by atoms with E-state index in [1.165, 1.54) is 0 Å². The molecule has 1 aromatic carbocycles. The third-order valence-corrected chi connectivity index (χ3v) is 4.71. The molecule has 0 spiro atoms. The number of hydrogen-bond acceptors (Lipinski definition) is 3. The number of benzene rings is 1. The molecule has 0 fully saturated rings. The standard InChI is InChI=1S/C20H21ClN4O2/c1-3-4-11-22-19(26)17-16-10-5-6-12-25(16)18(24-17)20(27)23-15-9-7-8-14(21)13(15)2/h5-10,12H,3-4,11H2,1-2H3,(H,22,26)(H,23,27). The van der Waals surface area contributed by atoms with Gasteiger partial charge in [0.1, 0.15) is 0 Å². The quantitative estimate of drug-likeness (QED) is 0.629. The van der Waals surface area contributed by atoms with E-state index in [1.54, 1.807) is 40.9 Å². The highest BCUT2D eigenvalue weighted by Gasteiger charge is 2.21. The number of halogens is 1. The van der Waals surface area contributed by atoms with E-state index in [4.69, 9.17) is 11.6 Å².